The summed E-state index contributed by atoms with van der Waals surface area (Å²) >= 11 is 6.12. The highest BCUT2D eigenvalue weighted by Crippen LogP contribution is 2.25. The van der Waals surface area contributed by atoms with Crippen LogP contribution < -0.4 is 15.1 Å². The molecule has 0 bridgehead atoms. The summed E-state index contributed by atoms with van der Waals surface area (Å²) in [6.07, 6.45) is 1.66. The highest BCUT2D eigenvalue weighted by Gasteiger charge is 2.20. The van der Waals surface area contributed by atoms with Crippen molar-refractivity contribution in [2.45, 2.75) is 13.8 Å². The number of anilines is 4. The Balaban J connectivity index is 1.45. The number of nitrogens with one attached hydrogen (secondary N) is 1. The Labute approximate surface area is 170 Å². The van der Waals surface area contributed by atoms with E-state index in [-0.39, 0.29) is 0 Å². The summed E-state index contributed by atoms with van der Waals surface area (Å²) in [6.45, 7) is 7.61. The first kappa shape index (κ1) is 18.5. The Hall–Kier alpha value is -2.86. The maximum atomic E-state index is 6.12. The first-order chi connectivity index (χ1) is 13.6. The van der Waals surface area contributed by atoms with Crippen LogP contribution in [0.3, 0.4) is 0 Å². The van der Waals surface area contributed by atoms with Gasteiger partial charge < -0.3 is 15.1 Å². The van der Waals surface area contributed by atoms with Gasteiger partial charge >= 0.3 is 0 Å². The van der Waals surface area contributed by atoms with Gasteiger partial charge in [-0.15, -0.1) is 5.10 Å². The molecule has 6 nitrogen and oxygen atoms in total. The van der Waals surface area contributed by atoms with Crippen molar-refractivity contribution in [1.29, 1.82) is 0 Å². The molecule has 0 atom stereocenters. The third kappa shape index (κ3) is 4.02. The van der Waals surface area contributed by atoms with E-state index in [0.29, 0.717) is 11.8 Å². The van der Waals surface area contributed by atoms with Gasteiger partial charge in [-0.1, -0.05) is 35.9 Å². The van der Waals surface area contributed by atoms with Gasteiger partial charge in [0.15, 0.2) is 5.82 Å². The van der Waals surface area contributed by atoms with Crippen LogP contribution in [0.4, 0.5) is 23.1 Å². The lowest BCUT2D eigenvalue weighted by atomic mass is 10.1. The van der Waals surface area contributed by atoms with E-state index in [9.17, 15) is 0 Å². The van der Waals surface area contributed by atoms with Gasteiger partial charge in [-0.05, 0) is 43.2 Å². The number of rotatable bonds is 4. The number of para-hydroxylation sites is 1. The predicted molar refractivity (Wildman–Crippen MR) is 115 cm³/mol. The average molecular weight is 395 g/mol. The van der Waals surface area contributed by atoms with Crippen molar-refractivity contribution >= 4 is 34.7 Å². The molecule has 0 aliphatic carbocycles. The van der Waals surface area contributed by atoms with Crippen molar-refractivity contribution in [2.24, 2.45) is 0 Å². The summed E-state index contributed by atoms with van der Waals surface area (Å²) in [4.78, 5) is 9.19. The number of aromatic nitrogens is 3. The smallest absolute Gasteiger partial charge is 0.247 e. The van der Waals surface area contributed by atoms with Gasteiger partial charge in [0.2, 0.25) is 5.95 Å². The standard InChI is InChI=1S/C21H23ClN6/c1-15-5-3-6-16(2)20(15)24-19-14-23-26-21(25-19)28-11-9-27(10-12-28)18-8-4-7-17(22)13-18/h3-8,13-14H,9-12H2,1-2H3,(H,24,25,26). The van der Waals surface area contributed by atoms with E-state index in [4.69, 9.17) is 11.6 Å². The van der Waals surface area contributed by atoms with E-state index >= 15 is 0 Å². The number of halogens is 1. The van der Waals surface area contributed by atoms with Crippen molar-refractivity contribution in [3.05, 3.63) is 64.8 Å². The molecule has 3 aromatic rings. The molecule has 7 heteroatoms. The Kier molecular flexibility index (Phi) is 5.30. The second-order valence-corrected chi connectivity index (χ2v) is 7.42. The van der Waals surface area contributed by atoms with E-state index in [2.05, 4.69) is 68.4 Å². The van der Waals surface area contributed by atoms with Crippen LogP contribution in [-0.4, -0.2) is 41.4 Å². The second-order valence-electron chi connectivity index (χ2n) is 6.99. The molecular weight excluding hydrogens is 372 g/mol. The van der Waals surface area contributed by atoms with E-state index in [1.54, 1.807) is 6.20 Å². The van der Waals surface area contributed by atoms with Crippen LogP contribution in [0.25, 0.3) is 0 Å². The van der Waals surface area contributed by atoms with Gasteiger partial charge in [-0.25, -0.2) is 0 Å². The van der Waals surface area contributed by atoms with Gasteiger partial charge in [0.1, 0.15) is 0 Å². The zero-order chi connectivity index (χ0) is 19.5. The predicted octanol–water partition coefficient (Wildman–Crippen LogP) is 4.21. The molecule has 1 aliphatic heterocycles. The van der Waals surface area contributed by atoms with Crippen molar-refractivity contribution in [3.8, 4) is 0 Å². The largest absolute Gasteiger partial charge is 0.368 e. The molecule has 4 rings (SSSR count). The first-order valence-corrected chi connectivity index (χ1v) is 9.76. The lowest BCUT2D eigenvalue weighted by molar-refractivity contribution is 0.635. The fourth-order valence-corrected chi connectivity index (χ4v) is 3.65. The monoisotopic (exact) mass is 394 g/mol. The van der Waals surface area contributed by atoms with Crippen LogP contribution in [0, 0.1) is 13.8 Å². The van der Waals surface area contributed by atoms with E-state index in [1.807, 2.05) is 18.2 Å². The van der Waals surface area contributed by atoms with Gasteiger partial charge in [0, 0.05) is 42.6 Å². The van der Waals surface area contributed by atoms with Crippen LogP contribution in [0.2, 0.25) is 5.02 Å². The molecule has 1 aliphatic rings. The number of nitrogens with zero attached hydrogens (tertiary/aromatic N) is 5. The Morgan fingerprint density at radius 1 is 0.929 bits per heavy atom. The molecule has 144 valence electrons. The number of piperazine rings is 1. The SMILES string of the molecule is Cc1cccc(C)c1Nc1cnnc(N2CCN(c3cccc(Cl)c3)CC2)n1. The highest BCUT2D eigenvalue weighted by molar-refractivity contribution is 6.30. The molecular formula is C21H23ClN6. The lowest BCUT2D eigenvalue weighted by Gasteiger charge is -2.36. The minimum Gasteiger partial charge on any atom is -0.368 e. The van der Waals surface area contributed by atoms with Crippen molar-refractivity contribution < 1.29 is 0 Å². The van der Waals surface area contributed by atoms with E-state index in [1.165, 1.54) is 11.1 Å². The Morgan fingerprint density at radius 2 is 1.61 bits per heavy atom. The normalized spacial score (nSPS) is 14.2. The zero-order valence-corrected chi connectivity index (χ0v) is 16.8. The number of hydrogen-bond donors (Lipinski definition) is 1. The lowest BCUT2D eigenvalue weighted by Crippen LogP contribution is -2.47. The molecule has 0 saturated carbocycles. The maximum absolute atomic E-state index is 6.12. The molecule has 2 aromatic carbocycles. The highest BCUT2D eigenvalue weighted by atomic mass is 35.5. The maximum Gasteiger partial charge on any atom is 0.247 e. The van der Waals surface area contributed by atoms with Gasteiger partial charge in [-0.2, -0.15) is 10.1 Å². The molecule has 28 heavy (non-hydrogen) atoms. The molecule has 1 N–H and O–H groups in total. The fourth-order valence-electron chi connectivity index (χ4n) is 3.47. The molecule has 0 spiro atoms. The third-order valence-corrected chi connectivity index (χ3v) is 5.25. The van der Waals surface area contributed by atoms with Crippen LogP contribution in [0.15, 0.2) is 48.7 Å². The number of benzene rings is 2. The topological polar surface area (TPSA) is 57.2 Å². The minimum absolute atomic E-state index is 0.655. The molecule has 0 amide bonds. The summed E-state index contributed by atoms with van der Waals surface area (Å²) in [5, 5.41) is 12.6. The molecule has 0 radical (unpaired) electrons. The van der Waals surface area contributed by atoms with Crippen molar-refractivity contribution in [3.63, 3.8) is 0 Å². The molecule has 1 fully saturated rings. The summed E-state index contributed by atoms with van der Waals surface area (Å²) in [7, 11) is 0. The quantitative estimate of drug-likeness (QED) is 0.715. The number of hydrogen-bond acceptors (Lipinski definition) is 6. The number of aryl methyl sites for hydroxylation is 2. The second kappa shape index (κ2) is 8.02. The summed E-state index contributed by atoms with van der Waals surface area (Å²) in [5.41, 5.74) is 4.57. The molecule has 1 saturated heterocycles. The van der Waals surface area contributed by atoms with Gasteiger partial charge in [0.25, 0.3) is 0 Å². The first-order valence-electron chi connectivity index (χ1n) is 9.38. The van der Waals surface area contributed by atoms with E-state index < -0.39 is 0 Å². The summed E-state index contributed by atoms with van der Waals surface area (Å²) in [5.74, 6) is 1.36. The van der Waals surface area contributed by atoms with Crippen molar-refractivity contribution in [2.75, 3.05) is 41.3 Å². The van der Waals surface area contributed by atoms with Crippen LogP contribution >= 0.6 is 11.6 Å². The van der Waals surface area contributed by atoms with Gasteiger partial charge in [0.05, 0.1) is 6.20 Å². The molecule has 2 heterocycles. The van der Waals surface area contributed by atoms with Crippen LogP contribution in [0.5, 0.6) is 0 Å². The summed E-state index contributed by atoms with van der Waals surface area (Å²) < 4.78 is 0. The van der Waals surface area contributed by atoms with Crippen molar-refractivity contribution in [1.82, 2.24) is 15.2 Å². The average Bonchev–Trinajstić information content (AvgIpc) is 2.71. The Morgan fingerprint density at radius 3 is 2.32 bits per heavy atom. The molecule has 1 aromatic heterocycles. The Bertz CT molecular complexity index is 948. The zero-order valence-electron chi connectivity index (χ0n) is 16.1. The van der Waals surface area contributed by atoms with Crippen LogP contribution in [-0.2, 0) is 0 Å². The molecule has 0 unspecified atom stereocenters. The van der Waals surface area contributed by atoms with Gasteiger partial charge in [-0.3, -0.25) is 0 Å². The minimum atomic E-state index is 0.655. The fraction of sp³-hybridized carbons (Fsp3) is 0.286. The van der Waals surface area contributed by atoms with E-state index in [0.717, 1.165) is 42.6 Å². The summed E-state index contributed by atoms with van der Waals surface area (Å²) in [6, 6.07) is 14.2. The third-order valence-electron chi connectivity index (χ3n) is 5.02. The van der Waals surface area contributed by atoms with Crippen LogP contribution in [0.1, 0.15) is 11.1 Å².